The first kappa shape index (κ1) is 25.3. The van der Waals surface area contributed by atoms with Crippen molar-refractivity contribution in [3.05, 3.63) is 70.7 Å². The van der Waals surface area contributed by atoms with Crippen LogP contribution in [0.4, 0.5) is 5.69 Å². The van der Waals surface area contributed by atoms with E-state index in [-0.39, 0.29) is 17.4 Å². The maximum Gasteiger partial charge on any atom is 0.264 e. The molecule has 3 aromatic rings. The molecule has 36 heavy (non-hydrogen) atoms. The number of methoxy groups -OCH3 is 2. The van der Waals surface area contributed by atoms with E-state index in [9.17, 15) is 13.2 Å². The highest BCUT2D eigenvalue weighted by Gasteiger charge is 2.28. The van der Waals surface area contributed by atoms with E-state index in [2.05, 4.69) is 26.5 Å². The van der Waals surface area contributed by atoms with Crippen molar-refractivity contribution in [2.24, 2.45) is 5.10 Å². The molecule has 1 heterocycles. The van der Waals surface area contributed by atoms with Crippen LogP contribution in [0, 0.1) is 0 Å². The van der Waals surface area contributed by atoms with Crippen molar-refractivity contribution < 1.29 is 32.2 Å². The second-order valence-corrected chi connectivity index (χ2v) is 10.1. The summed E-state index contributed by atoms with van der Waals surface area (Å²) in [7, 11) is -1.19. The van der Waals surface area contributed by atoms with Gasteiger partial charge in [0.15, 0.2) is 23.0 Å². The predicted molar refractivity (Wildman–Crippen MR) is 137 cm³/mol. The number of sulfonamides is 1. The standard InChI is InChI=1S/C24H22BrN3O7S/c1-32-20-9-8-17(11-21(20)33-2)28(36(30,31)18-6-4-3-5-7-18)14-24(29)27-26-13-16-10-22-23(12-19(16)25)35-15-34-22/h3-13H,14-15H2,1-2H3,(H,27,29)/b26-13-. The average Bonchev–Trinajstić information content (AvgIpc) is 3.34. The van der Waals surface area contributed by atoms with E-state index in [1.54, 1.807) is 36.4 Å². The number of carbonyl (C=O) groups excluding carboxylic acids is 1. The molecule has 0 aromatic heterocycles. The van der Waals surface area contributed by atoms with Crippen molar-refractivity contribution in [1.82, 2.24) is 5.43 Å². The normalized spacial score (nSPS) is 12.4. The van der Waals surface area contributed by atoms with Gasteiger partial charge in [0.05, 0.1) is 31.0 Å². The van der Waals surface area contributed by atoms with Gasteiger partial charge < -0.3 is 18.9 Å². The van der Waals surface area contributed by atoms with E-state index in [1.807, 2.05) is 0 Å². The number of carbonyl (C=O) groups is 1. The molecule has 0 spiro atoms. The zero-order valence-corrected chi connectivity index (χ0v) is 21.7. The van der Waals surface area contributed by atoms with Crippen LogP contribution in [0.15, 0.2) is 75.1 Å². The number of nitrogens with one attached hydrogen (secondary N) is 1. The van der Waals surface area contributed by atoms with Crippen LogP contribution < -0.4 is 28.7 Å². The third-order valence-electron chi connectivity index (χ3n) is 5.16. The molecule has 4 rings (SSSR count). The Morgan fingerprint density at radius 2 is 1.75 bits per heavy atom. The molecule has 10 nitrogen and oxygen atoms in total. The van der Waals surface area contributed by atoms with E-state index in [1.165, 1.54) is 44.7 Å². The highest BCUT2D eigenvalue weighted by Crippen LogP contribution is 2.36. The molecule has 0 atom stereocenters. The summed E-state index contributed by atoms with van der Waals surface area (Å²) in [5.74, 6) is 1.23. The van der Waals surface area contributed by atoms with Crippen molar-refractivity contribution in [2.75, 3.05) is 31.9 Å². The van der Waals surface area contributed by atoms with Crippen molar-refractivity contribution in [3.63, 3.8) is 0 Å². The minimum Gasteiger partial charge on any atom is -0.493 e. The van der Waals surface area contributed by atoms with Gasteiger partial charge in [-0.05, 0) is 52.3 Å². The summed E-state index contributed by atoms with van der Waals surface area (Å²) in [6.07, 6.45) is 1.41. The molecule has 188 valence electrons. The van der Waals surface area contributed by atoms with Gasteiger partial charge >= 0.3 is 0 Å². The Hall–Kier alpha value is -3.77. The molecular formula is C24H22BrN3O7S. The molecule has 1 N–H and O–H groups in total. The van der Waals surface area contributed by atoms with Crippen molar-refractivity contribution >= 4 is 43.8 Å². The fourth-order valence-corrected chi connectivity index (χ4v) is 5.24. The number of hydrogen-bond acceptors (Lipinski definition) is 8. The third-order valence-corrected chi connectivity index (χ3v) is 7.63. The zero-order chi connectivity index (χ0) is 25.7. The molecule has 0 unspecified atom stereocenters. The van der Waals surface area contributed by atoms with E-state index >= 15 is 0 Å². The Balaban J connectivity index is 1.59. The zero-order valence-electron chi connectivity index (χ0n) is 19.3. The van der Waals surface area contributed by atoms with Crippen LogP contribution in [0.5, 0.6) is 23.0 Å². The molecule has 1 aliphatic rings. The van der Waals surface area contributed by atoms with Gasteiger partial charge in [-0.2, -0.15) is 5.10 Å². The number of rotatable bonds is 9. The van der Waals surface area contributed by atoms with Gasteiger partial charge in [0.25, 0.3) is 15.9 Å². The summed E-state index contributed by atoms with van der Waals surface area (Å²) >= 11 is 3.42. The fourth-order valence-electron chi connectivity index (χ4n) is 3.39. The molecule has 0 aliphatic carbocycles. The van der Waals surface area contributed by atoms with Crippen LogP contribution in [-0.2, 0) is 14.8 Å². The quantitative estimate of drug-likeness (QED) is 0.306. The molecule has 1 aliphatic heterocycles. The van der Waals surface area contributed by atoms with Crippen LogP contribution in [-0.4, -0.2) is 48.1 Å². The number of ether oxygens (including phenoxy) is 4. The number of amides is 1. The summed E-state index contributed by atoms with van der Waals surface area (Å²) in [5, 5.41) is 3.97. The number of hydrazone groups is 1. The lowest BCUT2D eigenvalue weighted by Gasteiger charge is -2.24. The van der Waals surface area contributed by atoms with Gasteiger partial charge in [0, 0.05) is 16.1 Å². The Labute approximate surface area is 216 Å². The molecule has 12 heteroatoms. The number of nitrogens with zero attached hydrogens (tertiary/aromatic N) is 2. The van der Waals surface area contributed by atoms with Gasteiger partial charge in [0.1, 0.15) is 6.54 Å². The lowest BCUT2D eigenvalue weighted by molar-refractivity contribution is -0.119. The molecule has 0 saturated heterocycles. The summed E-state index contributed by atoms with van der Waals surface area (Å²) < 4.78 is 49.8. The summed E-state index contributed by atoms with van der Waals surface area (Å²) in [6.45, 7) is -0.409. The number of hydrogen-bond donors (Lipinski definition) is 1. The van der Waals surface area contributed by atoms with Gasteiger partial charge in [-0.15, -0.1) is 0 Å². The second kappa shape index (κ2) is 10.9. The Kier molecular flexibility index (Phi) is 7.65. The predicted octanol–water partition coefficient (Wildman–Crippen LogP) is 3.54. The summed E-state index contributed by atoms with van der Waals surface area (Å²) in [6, 6.07) is 15.8. The number of halogens is 1. The SMILES string of the molecule is COc1ccc(N(CC(=O)N/N=C\c2cc3c(cc2Br)OCO3)S(=O)(=O)c2ccccc2)cc1OC. The molecule has 1 amide bonds. The van der Waals surface area contributed by atoms with Crippen molar-refractivity contribution in [1.29, 1.82) is 0 Å². The molecule has 0 saturated carbocycles. The van der Waals surface area contributed by atoms with E-state index in [0.29, 0.717) is 33.0 Å². The first-order valence-electron chi connectivity index (χ1n) is 10.5. The van der Waals surface area contributed by atoms with Crippen LogP contribution in [0.1, 0.15) is 5.56 Å². The lowest BCUT2D eigenvalue weighted by atomic mass is 10.2. The van der Waals surface area contributed by atoms with E-state index in [0.717, 1.165) is 4.31 Å². The molecule has 0 fully saturated rings. The van der Waals surface area contributed by atoms with Gasteiger partial charge in [-0.25, -0.2) is 13.8 Å². The Morgan fingerprint density at radius 3 is 2.44 bits per heavy atom. The first-order chi connectivity index (χ1) is 17.3. The van der Waals surface area contributed by atoms with Gasteiger partial charge in [-0.3, -0.25) is 9.10 Å². The minimum atomic E-state index is -4.10. The Bertz CT molecular complexity index is 1400. The third kappa shape index (κ3) is 5.39. The van der Waals surface area contributed by atoms with Crippen LogP contribution in [0.25, 0.3) is 0 Å². The number of fused-ring (bicyclic) bond motifs is 1. The highest BCUT2D eigenvalue weighted by atomic mass is 79.9. The van der Waals surface area contributed by atoms with Crippen LogP contribution in [0.2, 0.25) is 0 Å². The van der Waals surface area contributed by atoms with Crippen molar-refractivity contribution in [3.8, 4) is 23.0 Å². The molecule has 0 bridgehead atoms. The number of anilines is 1. The van der Waals surface area contributed by atoms with Crippen LogP contribution in [0.3, 0.4) is 0 Å². The second-order valence-electron chi connectivity index (χ2n) is 7.38. The highest BCUT2D eigenvalue weighted by molar-refractivity contribution is 9.10. The van der Waals surface area contributed by atoms with Crippen LogP contribution >= 0.6 is 15.9 Å². The van der Waals surface area contributed by atoms with Crippen molar-refractivity contribution in [2.45, 2.75) is 4.90 Å². The summed E-state index contributed by atoms with van der Waals surface area (Å²) in [4.78, 5) is 12.8. The lowest BCUT2D eigenvalue weighted by Crippen LogP contribution is -2.39. The number of benzene rings is 3. The smallest absolute Gasteiger partial charge is 0.264 e. The Morgan fingerprint density at radius 1 is 1.06 bits per heavy atom. The van der Waals surface area contributed by atoms with Gasteiger partial charge in [0.2, 0.25) is 6.79 Å². The first-order valence-corrected chi connectivity index (χ1v) is 12.8. The maximum absolute atomic E-state index is 13.5. The van der Waals surface area contributed by atoms with E-state index in [4.69, 9.17) is 18.9 Å². The average molecular weight is 576 g/mol. The fraction of sp³-hybridized carbons (Fsp3) is 0.167. The summed E-state index contributed by atoms with van der Waals surface area (Å²) in [5.41, 5.74) is 3.23. The van der Waals surface area contributed by atoms with Gasteiger partial charge in [-0.1, -0.05) is 18.2 Å². The topological polar surface area (TPSA) is 116 Å². The molecular weight excluding hydrogens is 554 g/mol. The minimum absolute atomic E-state index is 0.0281. The monoisotopic (exact) mass is 575 g/mol. The largest absolute Gasteiger partial charge is 0.493 e. The maximum atomic E-state index is 13.5. The molecule has 3 aromatic carbocycles. The van der Waals surface area contributed by atoms with E-state index < -0.39 is 22.5 Å². The molecule has 0 radical (unpaired) electrons.